The minimum absolute atomic E-state index is 0.0228. The van der Waals surface area contributed by atoms with Crippen molar-refractivity contribution in [1.29, 1.82) is 0 Å². The summed E-state index contributed by atoms with van der Waals surface area (Å²) >= 11 is 0. The van der Waals surface area contributed by atoms with Gasteiger partial charge in [0.25, 0.3) is 0 Å². The first-order valence-corrected chi connectivity index (χ1v) is 5.44. The van der Waals surface area contributed by atoms with Gasteiger partial charge in [-0.05, 0) is 35.1 Å². The van der Waals surface area contributed by atoms with E-state index in [2.05, 4.69) is 13.8 Å². The molecular weight excluding hydrogens is 202 g/mol. The Labute approximate surface area is 95.6 Å². The molecule has 0 saturated heterocycles. The van der Waals surface area contributed by atoms with Crippen LogP contribution in [-0.4, -0.2) is 13.1 Å². The summed E-state index contributed by atoms with van der Waals surface area (Å²) in [4.78, 5) is 11.4. The number of methoxy groups -OCH3 is 1. The second kappa shape index (κ2) is 3.59. The lowest BCUT2D eigenvalue weighted by atomic mass is 9.86. The molecular formula is C13H17NO2. The van der Waals surface area contributed by atoms with E-state index in [9.17, 15) is 4.79 Å². The number of esters is 1. The maximum absolute atomic E-state index is 11.4. The van der Waals surface area contributed by atoms with Crippen LogP contribution in [0.4, 0.5) is 0 Å². The third-order valence-corrected chi connectivity index (χ3v) is 3.33. The van der Waals surface area contributed by atoms with Gasteiger partial charge in [0.1, 0.15) is 0 Å². The summed E-state index contributed by atoms with van der Waals surface area (Å²) in [7, 11) is 1.39. The normalized spacial score (nSPS) is 21.6. The van der Waals surface area contributed by atoms with Crippen molar-refractivity contribution in [3.63, 3.8) is 0 Å². The number of fused-ring (bicyclic) bond motifs is 1. The highest BCUT2D eigenvalue weighted by Gasteiger charge is 2.35. The molecule has 3 nitrogen and oxygen atoms in total. The van der Waals surface area contributed by atoms with E-state index in [1.165, 1.54) is 12.7 Å². The highest BCUT2D eigenvalue weighted by Crippen LogP contribution is 2.43. The summed E-state index contributed by atoms with van der Waals surface area (Å²) in [6.07, 6.45) is 0.924. The largest absolute Gasteiger partial charge is 0.465 e. The van der Waals surface area contributed by atoms with Crippen LogP contribution in [-0.2, 0) is 10.2 Å². The van der Waals surface area contributed by atoms with Crippen LogP contribution in [0.2, 0.25) is 0 Å². The zero-order chi connectivity index (χ0) is 11.9. The molecule has 1 aliphatic carbocycles. The van der Waals surface area contributed by atoms with E-state index in [-0.39, 0.29) is 17.4 Å². The predicted molar refractivity (Wildman–Crippen MR) is 62.4 cm³/mol. The molecule has 0 bridgehead atoms. The number of rotatable bonds is 1. The molecule has 0 unspecified atom stereocenters. The van der Waals surface area contributed by atoms with Crippen LogP contribution in [0.1, 0.15) is 47.8 Å². The highest BCUT2D eigenvalue weighted by atomic mass is 16.5. The van der Waals surface area contributed by atoms with Crippen molar-refractivity contribution >= 4 is 5.97 Å². The molecule has 0 spiro atoms. The molecule has 1 atom stereocenters. The van der Waals surface area contributed by atoms with Crippen molar-refractivity contribution in [2.75, 3.05) is 7.11 Å². The van der Waals surface area contributed by atoms with Crippen molar-refractivity contribution in [3.8, 4) is 0 Å². The number of hydrogen-bond acceptors (Lipinski definition) is 3. The molecule has 86 valence electrons. The van der Waals surface area contributed by atoms with E-state index in [4.69, 9.17) is 10.5 Å². The number of nitrogens with two attached hydrogens (primary N) is 1. The summed E-state index contributed by atoms with van der Waals surface area (Å²) < 4.78 is 4.70. The van der Waals surface area contributed by atoms with Gasteiger partial charge in [-0.1, -0.05) is 19.9 Å². The first-order chi connectivity index (χ1) is 7.45. The molecule has 0 amide bonds. The highest BCUT2D eigenvalue weighted by molar-refractivity contribution is 5.89. The van der Waals surface area contributed by atoms with Crippen molar-refractivity contribution < 1.29 is 9.53 Å². The van der Waals surface area contributed by atoms with Gasteiger partial charge < -0.3 is 10.5 Å². The van der Waals surface area contributed by atoms with Crippen LogP contribution >= 0.6 is 0 Å². The maximum atomic E-state index is 11.4. The zero-order valence-corrected chi connectivity index (χ0v) is 9.91. The Balaban J connectivity index is 2.48. The molecule has 16 heavy (non-hydrogen) atoms. The second-order valence-corrected chi connectivity index (χ2v) is 4.99. The maximum Gasteiger partial charge on any atom is 0.337 e. The van der Waals surface area contributed by atoms with Crippen LogP contribution in [0.25, 0.3) is 0 Å². The van der Waals surface area contributed by atoms with E-state index in [1.807, 2.05) is 18.2 Å². The number of benzene rings is 1. The number of carbonyl (C=O) groups is 1. The van der Waals surface area contributed by atoms with Crippen LogP contribution < -0.4 is 5.73 Å². The molecule has 0 aliphatic heterocycles. The van der Waals surface area contributed by atoms with Crippen molar-refractivity contribution in [3.05, 3.63) is 34.9 Å². The number of carbonyl (C=O) groups excluding carboxylic acids is 1. The Morgan fingerprint density at radius 2 is 2.19 bits per heavy atom. The van der Waals surface area contributed by atoms with E-state index < -0.39 is 0 Å². The van der Waals surface area contributed by atoms with Gasteiger partial charge in [-0.25, -0.2) is 4.79 Å². The lowest BCUT2D eigenvalue weighted by Crippen LogP contribution is -2.14. The Kier molecular flexibility index (Phi) is 2.50. The van der Waals surface area contributed by atoms with Gasteiger partial charge in [-0.15, -0.1) is 0 Å². The monoisotopic (exact) mass is 219 g/mol. The minimum atomic E-state index is -0.306. The second-order valence-electron chi connectivity index (χ2n) is 4.99. The number of ether oxygens (including phenoxy) is 1. The first-order valence-electron chi connectivity index (χ1n) is 5.44. The molecule has 1 aliphatic rings. The molecule has 1 aromatic carbocycles. The average Bonchev–Trinajstić information content (AvgIpc) is 2.48. The molecule has 2 rings (SSSR count). The van der Waals surface area contributed by atoms with Crippen LogP contribution in [0, 0.1) is 0 Å². The topological polar surface area (TPSA) is 52.3 Å². The van der Waals surface area contributed by atoms with Gasteiger partial charge in [0.15, 0.2) is 0 Å². The molecule has 0 saturated carbocycles. The SMILES string of the molecule is COC(=O)c1ccc2c(c1)[C@H](N)CC2(C)C. The first kappa shape index (κ1) is 11.1. The number of hydrogen-bond donors (Lipinski definition) is 1. The fourth-order valence-electron chi connectivity index (χ4n) is 2.50. The third kappa shape index (κ3) is 1.61. The third-order valence-electron chi connectivity index (χ3n) is 3.33. The van der Waals surface area contributed by atoms with Crippen molar-refractivity contribution in [2.45, 2.75) is 31.7 Å². The van der Waals surface area contributed by atoms with Crippen LogP contribution in [0.5, 0.6) is 0 Å². The lowest BCUT2D eigenvalue weighted by molar-refractivity contribution is 0.0600. The predicted octanol–water partition coefficient (Wildman–Crippen LogP) is 2.15. The standard InChI is InChI=1S/C13H17NO2/c1-13(2)7-11(14)9-6-8(12(15)16-3)4-5-10(9)13/h4-6,11H,7,14H2,1-3H3/t11-/m1/s1. The van der Waals surface area contributed by atoms with Crippen LogP contribution in [0.15, 0.2) is 18.2 Å². The van der Waals surface area contributed by atoms with Crippen molar-refractivity contribution in [2.24, 2.45) is 5.73 Å². The summed E-state index contributed by atoms with van der Waals surface area (Å²) in [6.45, 7) is 4.35. The van der Waals surface area contributed by atoms with Gasteiger partial charge >= 0.3 is 5.97 Å². The Bertz CT molecular complexity index is 438. The van der Waals surface area contributed by atoms with Crippen molar-refractivity contribution in [1.82, 2.24) is 0 Å². The minimum Gasteiger partial charge on any atom is -0.465 e. The van der Waals surface area contributed by atoms with E-state index in [1.54, 1.807) is 0 Å². The van der Waals surface area contributed by atoms with Gasteiger partial charge in [0, 0.05) is 6.04 Å². The molecule has 0 aromatic heterocycles. The fraction of sp³-hybridized carbons (Fsp3) is 0.462. The summed E-state index contributed by atoms with van der Waals surface area (Å²) in [5.41, 5.74) is 9.08. The quantitative estimate of drug-likeness (QED) is 0.736. The van der Waals surface area contributed by atoms with Crippen LogP contribution in [0.3, 0.4) is 0 Å². The van der Waals surface area contributed by atoms with Gasteiger partial charge in [-0.2, -0.15) is 0 Å². The Morgan fingerprint density at radius 3 is 2.81 bits per heavy atom. The molecule has 0 radical (unpaired) electrons. The molecule has 0 heterocycles. The molecule has 0 fully saturated rings. The van der Waals surface area contributed by atoms with Gasteiger partial charge in [0.05, 0.1) is 12.7 Å². The van der Waals surface area contributed by atoms with E-state index >= 15 is 0 Å². The van der Waals surface area contributed by atoms with E-state index in [0.29, 0.717) is 5.56 Å². The molecule has 2 N–H and O–H groups in total. The molecule has 3 heteroatoms. The molecule has 1 aromatic rings. The zero-order valence-electron chi connectivity index (χ0n) is 9.91. The summed E-state index contributed by atoms with van der Waals surface area (Å²) in [5.74, 6) is -0.306. The Morgan fingerprint density at radius 1 is 1.50 bits per heavy atom. The smallest absolute Gasteiger partial charge is 0.337 e. The van der Waals surface area contributed by atoms with E-state index in [0.717, 1.165) is 12.0 Å². The average molecular weight is 219 g/mol. The van der Waals surface area contributed by atoms with Gasteiger partial charge in [0.2, 0.25) is 0 Å². The Hall–Kier alpha value is -1.35. The fourth-order valence-corrected chi connectivity index (χ4v) is 2.50. The summed E-state index contributed by atoms with van der Waals surface area (Å²) in [5, 5.41) is 0. The lowest BCUT2D eigenvalue weighted by Gasteiger charge is -2.18. The summed E-state index contributed by atoms with van der Waals surface area (Å²) in [6, 6.07) is 5.69. The van der Waals surface area contributed by atoms with Gasteiger partial charge in [-0.3, -0.25) is 0 Å².